The highest BCUT2D eigenvalue weighted by molar-refractivity contribution is 6.06. The van der Waals surface area contributed by atoms with Crippen LogP contribution in [0, 0.1) is 0 Å². The zero-order valence-electron chi connectivity index (χ0n) is 31.6. The Morgan fingerprint density at radius 3 is 2.37 bits per heavy atom. The van der Waals surface area contributed by atoms with Crippen LogP contribution >= 0.6 is 0 Å². The zero-order valence-corrected chi connectivity index (χ0v) is 31.6. The van der Waals surface area contributed by atoms with Crippen molar-refractivity contribution in [2.45, 2.75) is 102 Å². The number of alkyl halides is 2. The third kappa shape index (κ3) is 9.60. The standard InChI is InChI=1S/C23H26F2N4O2.C18H25N3O2/c1-14(2)31-19-11-21-27-18(15-7-4-3-5-8-15)13-29(21)12-16(19)23(30)28-20-10-6-9-17(26-20)22(24)25;1-20(2)14-8-10-21(11-9-14)15-5-3-4-13(12-15)16-6-7-17(22)19-18(16)23/h6,9-15,22H,3-5,7-8H2,1-2H3,(H,26,28,30);3-5,12,14,16H,6-11H2,1-2H3,(H,19,22,23). The minimum Gasteiger partial charge on any atom is -0.490 e. The molecule has 2 aliphatic heterocycles. The van der Waals surface area contributed by atoms with Gasteiger partial charge in [-0.3, -0.25) is 19.7 Å². The highest BCUT2D eigenvalue weighted by Crippen LogP contribution is 2.34. The van der Waals surface area contributed by atoms with Gasteiger partial charge in [0.1, 0.15) is 22.9 Å². The molecule has 1 saturated carbocycles. The van der Waals surface area contributed by atoms with Crippen LogP contribution < -0.4 is 20.3 Å². The second kappa shape index (κ2) is 17.5. The summed E-state index contributed by atoms with van der Waals surface area (Å²) in [4.78, 5) is 49.7. The average Bonchev–Trinajstić information content (AvgIpc) is 3.58. The first-order chi connectivity index (χ1) is 25.9. The fraction of sp³-hybridized carbons (Fsp3) is 0.488. The number of aromatic nitrogens is 3. The van der Waals surface area contributed by atoms with E-state index in [0.29, 0.717) is 36.2 Å². The van der Waals surface area contributed by atoms with Crippen LogP contribution in [0.25, 0.3) is 5.65 Å². The lowest BCUT2D eigenvalue weighted by Gasteiger charge is -2.36. The number of imidazole rings is 1. The van der Waals surface area contributed by atoms with E-state index < -0.39 is 18.0 Å². The van der Waals surface area contributed by atoms with Crippen molar-refractivity contribution in [3.05, 3.63) is 83.4 Å². The SMILES string of the molecule is CC(C)Oc1cc2nc(C3CCCCC3)cn2cc1C(=O)Nc1cccc(C(F)F)n1.CN(C)C1CCN(c2cccc(C3CCC(=O)NC3=O)c2)CC1. The lowest BCUT2D eigenvalue weighted by Crippen LogP contribution is -2.42. The molecule has 2 N–H and O–H groups in total. The van der Waals surface area contributed by atoms with E-state index in [2.05, 4.69) is 51.6 Å². The van der Waals surface area contributed by atoms with E-state index in [4.69, 9.17) is 9.72 Å². The minimum absolute atomic E-state index is 0.0620. The third-order valence-electron chi connectivity index (χ3n) is 10.5. The van der Waals surface area contributed by atoms with Crippen LogP contribution in [0.4, 0.5) is 20.3 Å². The van der Waals surface area contributed by atoms with Crippen LogP contribution in [-0.4, -0.2) is 76.3 Å². The Morgan fingerprint density at radius 1 is 0.944 bits per heavy atom. The predicted octanol–water partition coefficient (Wildman–Crippen LogP) is 7.49. The Labute approximate surface area is 315 Å². The maximum atomic E-state index is 13.0. The van der Waals surface area contributed by atoms with Crippen molar-refractivity contribution in [1.82, 2.24) is 24.6 Å². The highest BCUT2D eigenvalue weighted by atomic mass is 19.3. The summed E-state index contributed by atoms with van der Waals surface area (Å²) in [6.07, 6.45) is 10.1. The van der Waals surface area contributed by atoms with Gasteiger partial charge < -0.3 is 24.3 Å². The van der Waals surface area contributed by atoms with Crippen molar-refractivity contribution in [2.75, 3.05) is 37.4 Å². The maximum absolute atomic E-state index is 13.0. The van der Waals surface area contributed by atoms with Gasteiger partial charge in [-0.1, -0.05) is 37.5 Å². The molecule has 1 atom stereocenters. The molecule has 13 heteroatoms. The van der Waals surface area contributed by atoms with Crippen molar-refractivity contribution < 1.29 is 27.9 Å². The number of ether oxygens (including phenoxy) is 1. The average molecular weight is 744 g/mol. The first kappa shape index (κ1) is 38.8. The summed E-state index contributed by atoms with van der Waals surface area (Å²) < 4.78 is 33.6. The number of anilines is 2. The van der Waals surface area contributed by atoms with Crippen molar-refractivity contribution in [3.8, 4) is 5.75 Å². The van der Waals surface area contributed by atoms with E-state index >= 15 is 0 Å². The molecule has 5 heterocycles. The van der Waals surface area contributed by atoms with Crippen molar-refractivity contribution >= 4 is 34.9 Å². The summed E-state index contributed by atoms with van der Waals surface area (Å²) in [7, 11) is 4.29. The van der Waals surface area contributed by atoms with E-state index in [-0.39, 0.29) is 35.2 Å². The molecule has 3 aromatic heterocycles. The number of pyridine rings is 2. The Balaban J connectivity index is 0.000000193. The topological polar surface area (TPSA) is 121 Å². The Morgan fingerprint density at radius 2 is 1.69 bits per heavy atom. The van der Waals surface area contributed by atoms with Crippen molar-refractivity contribution in [1.29, 1.82) is 0 Å². The second-order valence-electron chi connectivity index (χ2n) is 15.0. The van der Waals surface area contributed by atoms with Crippen LogP contribution in [0.15, 0.2) is 60.9 Å². The first-order valence-corrected chi connectivity index (χ1v) is 19.1. The molecule has 1 aromatic carbocycles. The van der Waals surface area contributed by atoms with E-state index in [1.54, 1.807) is 12.3 Å². The molecule has 0 spiro atoms. The summed E-state index contributed by atoms with van der Waals surface area (Å²) in [5, 5.41) is 5.05. The summed E-state index contributed by atoms with van der Waals surface area (Å²) in [6, 6.07) is 14.8. The summed E-state index contributed by atoms with van der Waals surface area (Å²) in [5.41, 5.74) is 3.84. The van der Waals surface area contributed by atoms with Crippen LogP contribution in [-0.2, 0) is 9.59 Å². The Hall–Kier alpha value is -4.91. The number of amides is 3. The lowest BCUT2D eigenvalue weighted by molar-refractivity contribution is -0.134. The number of hydrogen-bond acceptors (Lipinski definition) is 8. The van der Waals surface area contributed by atoms with E-state index in [1.807, 2.05) is 36.6 Å². The monoisotopic (exact) mass is 743 g/mol. The maximum Gasteiger partial charge on any atom is 0.280 e. The van der Waals surface area contributed by atoms with E-state index in [1.165, 1.54) is 43.1 Å². The molecule has 3 fully saturated rings. The number of benzene rings is 1. The number of carbonyl (C=O) groups excluding carboxylic acids is 3. The summed E-state index contributed by atoms with van der Waals surface area (Å²) >= 11 is 0. The van der Waals surface area contributed by atoms with Crippen LogP contribution in [0.1, 0.15) is 117 Å². The number of nitrogens with zero attached hydrogens (tertiary/aromatic N) is 5. The quantitative estimate of drug-likeness (QED) is 0.169. The molecule has 1 aliphatic carbocycles. The summed E-state index contributed by atoms with van der Waals surface area (Å²) in [6.45, 7) is 5.83. The predicted molar refractivity (Wildman–Crippen MR) is 204 cm³/mol. The first-order valence-electron chi connectivity index (χ1n) is 19.1. The van der Waals surface area contributed by atoms with Gasteiger partial charge in [-0.05, 0) is 89.9 Å². The number of imide groups is 1. The number of fused-ring (bicyclic) bond motifs is 1. The number of nitrogens with one attached hydrogen (secondary N) is 2. The minimum atomic E-state index is -2.71. The number of carbonyl (C=O) groups is 3. The molecule has 7 rings (SSSR count). The fourth-order valence-electron chi connectivity index (χ4n) is 7.57. The second-order valence-corrected chi connectivity index (χ2v) is 15.0. The normalized spacial score (nSPS) is 18.5. The number of piperidine rings is 2. The van der Waals surface area contributed by atoms with Crippen molar-refractivity contribution in [3.63, 3.8) is 0 Å². The molecular weight excluding hydrogens is 692 g/mol. The molecule has 11 nitrogen and oxygen atoms in total. The largest absolute Gasteiger partial charge is 0.490 e. The van der Waals surface area contributed by atoms with Gasteiger partial charge in [-0.2, -0.15) is 0 Å². The van der Waals surface area contributed by atoms with Gasteiger partial charge in [-0.25, -0.2) is 18.7 Å². The number of rotatable bonds is 9. The molecule has 0 radical (unpaired) electrons. The fourth-order valence-corrected chi connectivity index (χ4v) is 7.57. The van der Waals surface area contributed by atoms with Crippen molar-refractivity contribution in [2.24, 2.45) is 0 Å². The molecule has 2 saturated heterocycles. The van der Waals surface area contributed by atoms with Gasteiger partial charge in [0.15, 0.2) is 0 Å². The molecule has 0 bridgehead atoms. The molecular formula is C41H51F2N7O4. The molecule has 1 unspecified atom stereocenters. The number of hydrogen-bond donors (Lipinski definition) is 2. The van der Waals surface area contributed by atoms with Gasteiger partial charge in [0.25, 0.3) is 12.3 Å². The molecule has 3 aliphatic rings. The summed E-state index contributed by atoms with van der Waals surface area (Å²) in [5.74, 6) is -0.117. The van der Waals surface area contributed by atoms with Gasteiger partial charge in [0.2, 0.25) is 11.8 Å². The van der Waals surface area contributed by atoms with Crippen LogP contribution in [0.5, 0.6) is 5.75 Å². The van der Waals surface area contributed by atoms with Gasteiger partial charge in [-0.15, -0.1) is 0 Å². The van der Waals surface area contributed by atoms with Crippen LogP contribution in [0.3, 0.4) is 0 Å². The number of halogens is 2. The lowest BCUT2D eigenvalue weighted by atomic mass is 9.87. The van der Waals surface area contributed by atoms with Gasteiger partial charge in [0, 0.05) is 55.6 Å². The molecule has 4 aromatic rings. The Kier molecular flexibility index (Phi) is 12.6. The third-order valence-corrected chi connectivity index (χ3v) is 10.5. The van der Waals surface area contributed by atoms with Gasteiger partial charge >= 0.3 is 0 Å². The molecule has 3 amide bonds. The van der Waals surface area contributed by atoms with E-state index in [9.17, 15) is 23.2 Å². The van der Waals surface area contributed by atoms with Gasteiger partial charge in [0.05, 0.1) is 23.3 Å². The van der Waals surface area contributed by atoms with E-state index in [0.717, 1.165) is 50.0 Å². The highest BCUT2D eigenvalue weighted by Gasteiger charge is 2.29. The van der Waals surface area contributed by atoms with Crippen LogP contribution in [0.2, 0.25) is 0 Å². The molecule has 54 heavy (non-hydrogen) atoms. The smallest absolute Gasteiger partial charge is 0.280 e. The zero-order chi connectivity index (χ0) is 38.4. The Bertz CT molecular complexity index is 1930. The molecule has 288 valence electrons.